The normalized spacial score (nSPS) is 17.3. The van der Waals surface area contributed by atoms with Gasteiger partial charge in [-0.05, 0) is 61.9 Å². The maximum atomic E-state index is 13.0. The topological polar surface area (TPSA) is 74.8 Å². The summed E-state index contributed by atoms with van der Waals surface area (Å²) in [7, 11) is 0. The van der Waals surface area contributed by atoms with E-state index in [1.165, 1.54) is 40.9 Å². The van der Waals surface area contributed by atoms with Crippen LogP contribution in [0, 0.1) is 11.7 Å². The molecule has 2 heterocycles. The van der Waals surface area contributed by atoms with Gasteiger partial charge in [-0.1, -0.05) is 18.7 Å². The van der Waals surface area contributed by atoms with Gasteiger partial charge in [0.25, 0.3) is 5.56 Å². The molecule has 0 aliphatic heterocycles. The summed E-state index contributed by atoms with van der Waals surface area (Å²) in [6.45, 7) is 3.97. The number of nitrogens with one attached hydrogen (secondary N) is 2. The van der Waals surface area contributed by atoms with E-state index in [4.69, 9.17) is 0 Å². The van der Waals surface area contributed by atoms with Crippen molar-refractivity contribution in [3.63, 3.8) is 0 Å². The van der Waals surface area contributed by atoms with Gasteiger partial charge in [0, 0.05) is 10.6 Å². The fourth-order valence-electron chi connectivity index (χ4n) is 3.38. The Hall–Kier alpha value is -2.19. The van der Waals surface area contributed by atoms with E-state index in [2.05, 4.69) is 22.2 Å². The Balaban J connectivity index is 1.53. The molecule has 0 saturated heterocycles. The molecule has 3 aromatic rings. The number of amides is 1. The van der Waals surface area contributed by atoms with Crippen molar-refractivity contribution in [2.24, 2.45) is 5.92 Å². The first-order valence-electron chi connectivity index (χ1n) is 9.18. The summed E-state index contributed by atoms with van der Waals surface area (Å²) in [5.74, 6) is 0.0332. The first-order valence-corrected chi connectivity index (χ1v) is 10.9. The molecule has 0 fully saturated rings. The van der Waals surface area contributed by atoms with Gasteiger partial charge in [0.1, 0.15) is 10.6 Å². The van der Waals surface area contributed by atoms with E-state index in [0.717, 1.165) is 29.7 Å². The first-order chi connectivity index (χ1) is 13.4. The standard InChI is InChI=1S/C20H20FN3O2S2/c1-10-3-8-14-15(9-10)28-19-16(14)18(26)23-20(24-19)27-11(2)17(25)22-13-6-4-12(21)5-7-13/h4-7,10-11H,3,8-9H2,1-2H3,(H,22,25)(H,23,24,26)/t10-,11+/m1/s1. The molecule has 1 aromatic carbocycles. The van der Waals surface area contributed by atoms with Crippen LogP contribution in [0.25, 0.3) is 10.2 Å². The minimum atomic E-state index is -0.472. The average Bonchev–Trinajstić information content (AvgIpc) is 3.01. The maximum Gasteiger partial charge on any atom is 0.260 e. The number of carbonyl (C=O) groups excluding carboxylic acids is 1. The van der Waals surface area contributed by atoms with Crippen molar-refractivity contribution in [1.82, 2.24) is 9.97 Å². The number of benzene rings is 1. The minimum absolute atomic E-state index is 0.134. The number of hydrogen-bond donors (Lipinski definition) is 2. The first kappa shape index (κ1) is 19.1. The molecule has 1 aliphatic carbocycles. The summed E-state index contributed by atoms with van der Waals surface area (Å²) in [4.78, 5) is 34.5. The summed E-state index contributed by atoms with van der Waals surface area (Å²) < 4.78 is 13.0. The predicted molar refractivity (Wildman–Crippen MR) is 112 cm³/mol. The van der Waals surface area contributed by atoms with E-state index in [-0.39, 0.29) is 17.3 Å². The van der Waals surface area contributed by atoms with Crippen molar-refractivity contribution in [2.45, 2.75) is 43.5 Å². The molecule has 8 heteroatoms. The molecule has 0 saturated carbocycles. The zero-order valence-electron chi connectivity index (χ0n) is 15.5. The molecule has 5 nitrogen and oxygen atoms in total. The van der Waals surface area contributed by atoms with E-state index in [1.54, 1.807) is 18.3 Å². The molecular formula is C20H20FN3O2S2. The fourth-order valence-corrected chi connectivity index (χ4v) is 5.62. The molecule has 0 radical (unpaired) electrons. The van der Waals surface area contributed by atoms with E-state index in [9.17, 15) is 14.0 Å². The van der Waals surface area contributed by atoms with Crippen molar-refractivity contribution in [2.75, 3.05) is 5.32 Å². The van der Waals surface area contributed by atoms with E-state index < -0.39 is 5.25 Å². The van der Waals surface area contributed by atoms with Crippen molar-refractivity contribution in [3.8, 4) is 0 Å². The van der Waals surface area contributed by atoms with Gasteiger partial charge in [-0.3, -0.25) is 9.59 Å². The predicted octanol–water partition coefficient (Wildman–Crippen LogP) is 4.37. The van der Waals surface area contributed by atoms with E-state index in [1.807, 2.05) is 0 Å². The summed E-state index contributed by atoms with van der Waals surface area (Å²) in [5, 5.41) is 3.41. The van der Waals surface area contributed by atoms with Crippen LogP contribution in [0.5, 0.6) is 0 Å². The molecule has 2 N–H and O–H groups in total. The van der Waals surface area contributed by atoms with Gasteiger partial charge in [0.05, 0.1) is 10.6 Å². The number of thioether (sulfide) groups is 1. The van der Waals surface area contributed by atoms with Crippen LogP contribution in [-0.4, -0.2) is 21.1 Å². The molecule has 4 rings (SSSR count). The number of halogens is 1. The second-order valence-corrected chi connectivity index (χ2v) is 9.57. The summed E-state index contributed by atoms with van der Waals surface area (Å²) >= 11 is 2.79. The quantitative estimate of drug-likeness (QED) is 0.488. The minimum Gasteiger partial charge on any atom is -0.325 e. The molecule has 1 aliphatic rings. The molecule has 146 valence electrons. The number of anilines is 1. The molecule has 0 bridgehead atoms. The zero-order chi connectivity index (χ0) is 19.8. The van der Waals surface area contributed by atoms with Crippen molar-refractivity contribution < 1.29 is 9.18 Å². The number of H-pyrrole nitrogens is 1. The number of carbonyl (C=O) groups is 1. The average molecular weight is 418 g/mol. The molecular weight excluding hydrogens is 397 g/mol. The van der Waals surface area contributed by atoms with Crippen LogP contribution in [0.2, 0.25) is 0 Å². The molecule has 0 spiro atoms. The number of fused-ring (bicyclic) bond motifs is 3. The van der Waals surface area contributed by atoms with Crippen LogP contribution < -0.4 is 10.9 Å². The van der Waals surface area contributed by atoms with Crippen LogP contribution in [0.4, 0.5) is 10.1 Å². The number of rotatable bonds is 4. The van der Waals surface area contributed by atoms with E-state index >= 15 is 0 Å². The summed E-state index contributed by atoms with van der Waals surface area (Å²) in [6, 6.07) is 5.60. The molecule has 28 heavy (non-hydrogen) atoms. The SMILES string of the molecule is C[C@@H]1CCc2c(sc3nc(S[C@@H](C)C(=O)Nc4ccc(F)cc4)[nH]c(=O)c23)C1. The van der Waals surface area contributed by atoms with Gasteiger partial charge in [-0.2, -0.15) is 0 Å². The number of aromatic nitrogens is 2. The van der Waals surface area contributed by atoms with Gasteiger partial charge in [0.2, 0.25) is 5.91 Å². The lowest BCUT2D eigenvalue weighted by atomic mass is 9.89. The van der Waals surface area contributed by atoms with Gasteiger partial charge >= 0.3 is 0 Å². The number of hydrogen-bond acceptors (Lipinski definition) is 5. The molecule has 0 unspecified atom stereocenters. The highest BCUT2D eigenvalue weighted by Crippen LogP contribution is 2.36. The van der Waals surface area contributed by atoms with Crippen LogP contribution in [0.1, 0.15) is 30.7 Å². The van der Waals surface area contributed by atoms with Crippen molar-refractivity contribution in [1.29, 1.82) is 0 Å². The van der Waals surface area contributed by atoms with Gasteiger partial charge in [0.15, 0.2) is 5.16 Å². The highest BCUT2D eigenvalue weighted by Gasteiger charge is 2.24. The van der Waals surface area contributed by atoms with Gasteiger partial charge in [-0.15, -0.1) is 11.3 Å². The second-order valence-electron chi connectivity index (χ2n) is 7.16. The van der Waals surface area contributed by atoms with Crippen LogP contribution in [0.15, 0.2) is 34.2 Å². The highest BCUT2D eigenvalue weighted by atomic mass is 32.2. The van der Waals surface area contributed by atoms with Crippen molar-refractivity contribution in [3.05, 3.63) is 50.9 Å². The monoisotopic (exact) mass is 417 g/mol. The number of nitrogens with zero attached hydrogens (tertiary/aromatic N) is 1. The Kier molecular flexibility index (Phi) is 5.25. The van der Waals surface area contributed by atoms with Gasteiger partial charge in [-0.25, -0.2) is 9.37 Å². The third-order valence-corrected chi connectivity index (χ3v) is 7.05. The van der Waals surface area contributed by atoms with Crippen molar-refractivity contribution >= 4 is 44.9 Å². The summed E-state index contributed by atoms with van der Waals surface area (Å²) in [5.41, 5.74) is 1.53. The highest BCUT2D eigenvalue weighted by molar-refractivity contribution is 8.00. The largest absolute Gasteiger partial charge is 0.325 e. The third-order valence-electron chi connectivity index (χ3n) is 4.91. The van der Waals surface area contributed by atoms with Crippen LogP contribution >= 0.6 is 23.1 Å². The summed E-state index contributed by atoms with van der Waals surface area (Å²) in [6.07, 6.45) is 3.01. The maximum absolute atomic E-state index is 13.0. The van der Waals surface area contributed by atoms with Crippen LogP contribution in [-0.2, 0) is 17.6 Å². The lowest BCUT2D eigenvalue weighted by Gasteiger charge is -2.17. The fraction of sp³-hybridized carbons (Fsp3) is 0.350. The smallest absolute Gasteiger partial charge is 0.260 e. The Labute approximate surface area is 169 Å². The lowest BCUT2D eigenvalue weighted by molar-refractivity contribution is -0.115. The Bertz CT molecular complexity index is 1090. The number of thiophene rings is 1. The van der Waals surface area contributed by atoms with E-state index in [0.29, 0.717) is 22.1 Å². The molecule has 1 amide bonds. The lowest BCUT2D eigenvalue weighted by Crippen LogP contribution is -2.23. The second kappa shape index (κ2) is 7.67. The number of aromatic amines is 1. The molecule has 2 aromatic heterocycles. The third kappa shape index (κ3) is 3.84. The van der Waals surface area contributed by atoms with Crippen LogP contribution in [0.3, 0.4) is 0 Å². The number of aryl methyl sites for hydroxylation is 1. The Morgan fingerprint density at radius 1 is 1.39 bits per heavy atom. The molecule has 2 atom stereocenters. The Morgan fingerprint density at radius 2 is 2.14 bits per heavy atom. The zero-order valence-corrected chi connectivity index (χ0v) is 17.2. The Morgan fingerprint density at radius 3 is 2.89 bits per heavy atom. The van der Waals surface area contributed by atoms with Gasteiger partial charge < -0.3 is 10.3 Å².